The summed E-state index contributed by atoms with van der Waals surface area (Å²) in [5, 5.41) is 46.2. The van der Waals surface area contributed by atoms with Crippen LogP contribution in [-0.2, 0) is 9.59 Å². The van der Waals surface area contributed by atoms with Gasteiger partial charge in [0.2, 0.25) is 0 Å². The first-order valence-electron chi connectivity index (χ1n) is 13.5. The zero-order chi connectivity index (χ0) is 32.6. The van der Waals surface area contributed by atoms with Gasteiger partial charge in [-0.3, -0.25) is 10.1 Å². The summed E-state index contributed by atoms with van der Waals surface area (Å²) in [7, 11) is 0. The van der Waals surface area contributed by atoms with Gasteiger partial charge in [-0.15, -0.1) is 0 Å². The molecule has 0 radical (unpaired) electrons. The average Bonchev–Trinajstić information content (AvgIpc) is 2.94. The second-order valence-electron chi connectivity index (χ2n) is 9.96. The molecule has 3 rings (SSSR count). The molecule has 1 aliphatic heterocycles. The van der Waals surface area contributed by atoms with Gasteiger partial charge in [-0.05, 0) is 50.9 Å². The van der Waals surface area contributed by atoms with Crippen LogP contribution in [0.5, 0.6) is 11.5 Å². The number of aliphatic hydroxyl groups excluding tert-OH is 1. The number of para-hydroxylation sites is 1. The molecule has 0 spiro atoms. The lowest BCUT2D eigenvalue weighted by Gasteiger charge is -2.31. The Balaban J connectivity index is 1.71. The number of nitrogens with one attached hydrogen (secondary N) is 2. The Bertz CT molecular complexity index is 1460. The van der Waals surface area contributed by atoms with Crippen LogP contribution >= 0.6 is 0 Å². The maximum Gasteiger partial charge on any atom is 0.431 e. The molecule has 2 aromatic carbocycles. The Morgan fingerprint density at radius 1 is 1.05 bits per heavy atom. The van der Waals surface area contributed by atoms with Gasteiger partial charge < -0.3 is 35.4 Å². The predicted octanol–water partition coefficient (Wildman–Crippen LogP) is 4.04. The van der Waals surface area contributed by atoms with Crippen LogP contribution in [0.15, 0.2) is 65.0 Å². The number of allylic oxidation sites excluding steroid dienone is 2. The third kappa shape index (κ3) is 8.48. The Labute approximate surface area is 249 Å². The normalized spacial score (nSPS) is 15.9. The minimum Gasteiger partial charge on any atom is -0.493 e. The minimum atomic E-state index is -5.20. The van der Waals surface area contributed by atoms with Crippen LogP contribution in [0, 0.1) is 17.0 Å². The molecule has 1 aliphatic rings. The highest BCUT2D eigenvalue weighted by molar-refractivity contribution is 5.99. The van der Waals surface area contributed by atoms with Crippen LogP contribution in [0.1, 0.15) is 36.8 Å². The fraction of sp³-hybridized carbons (Fsp3) is 0.379. The number of nitro groups is 1. The van der Waals surface area contributed by atoms with Crippen molar-refractivity contribution in [2.24, 2.45) is 0 Å². The molecule has 0 amide bonds. The maximum absolute atomic E-state index is 13.9. The second kappa shape index (κ2) is 14.7. The van der Waals surface area contributed by atoms with Gasteiger partial charge in [0.15, 0.2) is 0 Å². The van der Waals surface area contributed by atoms with E-state index in [9.17, 15) is 48.2 Å². The molecule has 0 aliphatic carbocycles. The molecule has 2 atom stereocenters. The van der Waals surface area contributed by atoms with E-state index in [1.54, 1.807) is 6.07 Å². The quantitative estimate of drug-likeness (QED) is 0.110. The summed E-state index contributed by atoms with van der Waals surface area (Å²) in [5.74, 6) is -5.35. The van der Waals surface area contributed by atoms with E-state index in [0.717, 1.165) is 30.7 Å². The molecule has 0 fully saturated rings. The highest BCUT2D eigenvalue weighted by Crippen LogP contribution is 2.46. The highest BCUT2D eigenvalue weighted by atomic mass is 19.4. The standard InChI is InChI=1S/C29H32F3N3O9/c1-16-7-3-4-8-21(16)44-15-19(36)14-33-11-5-6-12-43-22-10-9-18(35(41)42)13-20(22)24-23(27(37)38)17(2)34-26(29(30,31)32)25(24)28(39)40/h3-4,7-10,13,19,24,33-34,36H,5-6,11-12,14-15H2,1-2H3,(H,37,38)(H,39,40)/t19-,24?/m0/s1. The van der Waals surface area contributed by atoms with E-state index in [2.05, 4.69) is 5.32 Å². The number of carboxylic acids is 2. The number of rotatable bonds is 15. The molecule has 5 N–H and O–H groups in total. The number of aryl methyl sites for hydroxylation is 1. The van der Waals surface area contributed by atoms with Gasteiger partial charge in [0.25, 0.3) is 5.69 Å². The number of non-ortho nitro benzene ring substituents is 1. The van der Waals surface area contributed by atoms with E-state index in [0.29, 0.717) is 25.1 Å². The van der Waals surface area contributed by atoms with Gasteiger partial charge in [-0.1, -0.05) is 18.2 Å². The Morgan fingerprint density at radius 3 is 2.34 bits per heavy atom. The molecule has 12 nitrogen and oxygen atoms in total. The molecule has 15 heteroatoms. The van der Waals surface area contributed by atoms with E-state index in [4.69, 9.17) is 9.47 Å². The minimum absolute atomic E-state index is 0.0280. The Hall–Kier alpha value is -4.63. The van der Waals surface area contributed by atoms with Crippen molar-refractivity contribution in [2.75, 3.05) is 26.3 Å². The number of hydrogen-bond acceptors (Lipinski definition) is 9. The smallest absolute Gasteiger partial charge is 0.431 e. The van der Waals surface area contributed by atoms with Crippen molar-refractivity contribution in [1.29, 1.82) is 0 Å². The lowest BCUT2D eigenvalue weighted by atomic mass is 9.79. The molecule has 238 valence electrons. The number of aliphatic hydroxyl groups is 1. The molecule has 1 heterocycles. The number of alkyl halides is 3. The molecule has 0 saturated heterocycles. The number of dihydropyridines is 1. The number of hydrogen-bond donors (Lipinski definition) is 5. The summed E-state index contributed by atoms with van der Waals surface area (Å²) >= 11 is 0. The molecule has 2 aromatic rings. The lowest BCUT2D eigenvalue weighted by Crippen LogP contribution is -2.37. The van der Waals surface area contributed by atoms with E-state index >= 15 is 0 Å². The summed E-state index contributed by atoms with van der Waals surface area (Å²) in [6.07, 6.45) is -5.07. The topological polar surface area (TPSA) is 180 Å². The van der Waals surface area contributed by atoms with Crippen LogP contribution < -0.4 is 20.1 Å². The number of carboxylic acid groups (broad SMARTS) is 2. The molecular weight excluding hydrogens is 591 g/mol. The largest absolute Gasteiger partial charge is 0.493 e. The number of halogens is 3. The number of ether oxygens (including phenoxy) is 2. The van der Waals surface area contributed by atoms with Crippen LogP contribution in [0.2, 0.25) is 0 Å². The van der Waals surface area contributed by atoms with Crippen molar-refractivity contribution in [2.45, 2.75) is 44.9 Å². The first-order chi connectivity index (χ1) is 20.7. The highest BCUT2D eigenvalue weighted by Gasteiger charge is 2.47. The summed E-state index contributed by atoms with van der Waals surface area (Å²) < 4.78 is 52.9. The fourth-order valence-corrected chi connectivity index (χ4v) is 4.65. The van der Waals surface area contributed by atoms with Crippen molar-refractivity contribution in [3.63, 3.8) is 0 Å². The van der Waals surface area contributed by atoms with Gasteiger partial charge in [-0.25, -0.2) is 9.59 Å². The first-order valence-corrected chi connectivity index (χ1v) is 13.5. The Kier molecular flexibility index (Phi) is 11.3. The number of aliphatic carboxylic acids is 2. The van der Waals surface area contributed by atoms with Crippen molar-refractivity contribution < 1.29 is 52.5 Å². The van der Waals surface area contributed by atoms with Gasteiger partial charge in [0, 0.05) is 29.9 Å². The molecule has 0 bridgehead atoms. The monoisotopic (exact) mass is 623 g/mol. The molecule has 1 unspecified atom stereocenters. The number of carbonyl (C=O) groups is 2. The third-order valence-corrected chi connectivity index (χ3v) is 6.73. The second-order valence-corrected chi connectivity index (χ2v) is 9.96. The fourth-order valence-electron chi connectivity index (χ4n) is 4.65. The number of benzene rings is 2. The number of nitrogens with zero attached hydrogens (tertiary/aromatic N) is 1. The average molecular weight is 624 g/mol. The molecule has 0 aromatic heterocycles. The number of nitro benzene ring substituents is 1. The van der Waals surface area contributed by atoms with Crippen molar-refractivity contribution in [3.8, 4) is 11.5 Å². The summed E-state index contributed by atoms with van der Waals surface area (Å²) in [6.45, 7) is 3.67. The predicted molar refractivity (Wildman–Crippen MR) is 150 cm³/mol. The van der Waals surface area contributed by atoms with Crippen LogP contribution in [0.25, 0.3) is 0 Å². The van der Waals surface area contributed by atoms with E-state index in [-0.39, 0.29) is 25.5 Å². The first kappa shape index (κ1) is 33.9. The van der Waals surface area contributed by atoms with E-state index in [1.807, 2.05) is 30.4 Å². The van der Waals surface area contributed by atoms with E-state index < -0.39 is 68.9 Å². The van der Waals surface area contributed by atoms with E-state index in [1.165, 1.54) is 0 Å². The van der Waals surface area contributed by atoms with Crippen molar-refractivity contribution >= 4 is 17.6 Å². The molecule has 0 saturated carbocycles. The third-order valence-electron chi connectivity index (χ3n) is 6.73. The van der Waals surface area contributed by atoms with Gasteiger partial charge in [0.1, 0.15) is 29.9 Å². The molecule has 44 heavy (non-hydrogen) atoms. The van der Waals surface area contributed by atoms with Gasteiger partial charge >= 0.3 is 18.1 Å². The van der Waals surface area contributed by atoms with Crippen molar-refractivity contribution in [1.82, 2.24) is 10.6 Å². The number of unbranched alkanes of at least 4 members (excludes halogenated alkanes) is 1. The maximum atomic E-state index is 13.9. The van der Waals surface area contributed by atoms with Crippen molar-refractivity contribution in [3.05, 3.63) is 86.2 Å². The summed E-state index contributed by atoms with van der Waals surface area (Å²) in [6, 6.07) is 10.3. The molecular formula is C29H32F3N3O9. The van der Waals surface area contributed by atoms with Crippen LogP contribution in [0.3, 0.4) is 0 Å². The van der Waals surface area contributed by atoms with Gasteiger partial charge in [-0.2, -0.15) is 13.2 Å². The zero-order valence-corrected chi connectivity index (χ0v) is 23.8. The summed E-state index contributed by atoms with van der Waals surface area (Å²) in [5.41, 5.74) is -4.30. The SMILES string of the molecule is CC1=C(C(=O)O)C(c2cc([N+](=O)[O-])ccc2OCCCCNC[C@H](O)COc2ccccc2C)C(C(=O)O)=C(C(F)(F)F)N1. The van der Waals surface area contributed by atoms with Gasteiger partial charge in [0.05, 0.1) is 28.6 Å². The van der Waals surface area contributed by atoms with Crippen LogP contribution in [0.4, 0.5) is 18.9 Å². The lowest BCUT2D eigenvalue weighted by molar-refractivity contribution is -0.384. The zero-order valence-electron chi connectivity index (χ0n) is 23.8. The summed E-state index contributed by atoms with van der Waals surface area (Å²) in [4.78, 5) is 34.9. The van der Waals surface area contributed by atoms with Crippen LogP contribution in [-0.4, -0.2) is 70.8 Å². The Morgan fingerprint density at radius 2 is 1.73 bits per heavy atom.